The molecular formula is C48H58N2O6. The minimum atomic E-state index is -1.13. The molecule has 0 aliphatic carbocycles. The number of nitrogens with zero attached hydrogens (tertiary/aromatic N) is 2. The van der Waals surface area contributed by atoms with Crippen LogP contribution in [0, 0.1) is 6.92 Å². The van der Waals surface area contributed by atoms with Crippen LogP contribution < -0.4 is 9.47 Å². The summed E-state index contributed by atoms with van der Waals surface area (Å²) >= 11 is 0. The fraction of sp³-hybridized carbons (Fsp3) is 0.458. The van der Waals surface area contributed by atoms with Crippen LogP contribution in [0.5, 0.6) is 11.5 Å². The fourth-order valence-electron chi connectivity index (χ4n) is 7.66. The quantitative estimate of drug-likeness (QED) is 0.0466. The summed E-state index contributed by atoms with van der Waals surface area (Å²) < 4.78 is 24.2. The summed E-state index contributed by atoms with van der Waals surface area (Å²) in [7, 11) is 0. The van der Waals surface area contributed by atoms with Crippen LogP contribution in [0.25, 0.3) is 32.9 Å². The highest BCUT2D eigenvalue weighted by Gasteiger charge is 2.35. The smallest absolute Gasteiger partial charge is 0.345 e. The molecule has 2 aromatic heterocycles. The average molecular weight is 759 g/mol. The summed E-state index contributed by atoms with van der Waals surface area (Å²) in [4.78, 5) is 37.0. The Labute approximate surface area is 332 Å². The third kappa shape index (κ3) is 10.3. The minimum absolute atomic E-state index is 0.295. The maximum absolute atomic E-state index is 14.4. The number of unbranched alkanes of at least 4 members (excludes halogenated alkanes) is 11. The van der Waals surface area contributed by atoms with E-state index in [2.05, 4.69) is 6.92 Å². The van der Waals surface area contributed by atoms with E-state index in [1.807, 2.05) is 76.4 Å². The number of ether oxygens (including phenoxy) is 4. The molecule has 1 atom stereocenters. The van der Waals surface area contributed by atoms with Crippen molar-refractivity contribution in [1.82, 2.24) is 9.97 Å². The van der Waals surface area contributed by atoms with Gasteiger partial charge in [-0.2, -0.15) is 0 Å². The number of carbonyl (C=O) groups excluding carboxylic acids is 2. The van der Waals surface area contributed by atoms with E-state index in [1.54, 1.807) is 24.3 Å². The average Bonchev–Trinajstić information content (AvgIpc) is 3.18. The van der Waals surface area contributed by atoms with Crippen LogP contribution in [0.3, 0.4) is 0 Å². The number of aryl methyl sites for hydroxylation is 1. The molecule has 1 aliphatic rings. The zero-order valence-electron chi connectivity index (χ0n) is 34.0. The van der Waals surface area contributed by atoms with Gasteiger partial charge in [-0.15, -0.1) is 0 Å². The second kappa shape index (κ2) is 19.4. The van der Waals surface area contributed by atoms with E-state index in [9.17, 15) is 9.59 Å². The van der Waals surface area contributed by atoms with Gasteiger partial charge in [0.15, 0.2) is 6.10 Å². The molecule has 0 saturated carbocycles. The van der Waals surface area contributed by atoms with Gasteiger partial charge in [-0.3, -0.25) is 9.97 Å². The Morgan fingerprint density at radius 2 is 1.50 bits per heavy atom. The van der Waals surface area contributed by atoms with Crippen molar-refractivity contribution < 1.29 is 28.5 Å². The van der Waals surface area contributed by atoms with Gasteiger partial charge in [0.2, 0.25) is 0 Å². The molecular weight excluding hydrogens is 701 g/mol. The lowest BCUT2D eigenvalue weighted by atomic mass is 9.88. The summed E-state index contributed by atoms with van der Waals surface area (Å²) in [6.45, 7) is 10.9. The monoisotopic (exact) mass is 758 g/mol. The lowest BCUT2D eigenvalue weighted by Gasteiger charge is -2.29. The van der Waals surface area contributed by atoms with Crippen molar-refractivity contribution in [3.8, 4) is 22.6 Å². The lowest BCUT2D eigenvalue weighted by Crippen LogP contribution is -2.31. The van der Waals surface area contributed by atoms with Gasteiger partial charge in [-0.25, -0.2) is 9.59 Å². The van der Waals surface area contributed by atoms with E-state index < -0.39 is 17.7 Å². The van der Waals surface area contributed by atoms with E-state index in [0.29, 0.717) is 35.8 Å². The molecule has 0 radical (unpaired) electrons. The van der Waals surface area contributed by atoms with Crippen molar-refractivity contribution in [2.24, 2.45) is 0 Å². The van der Waals surface area contributed by atoms with Crippen molar-refractivity contribution in [2.75, 3.05) is 13.2 Å². The molecule has 0 amide bonds. The van der Waals surface area contributed by atoms with Crippen LogP contribution in [0.2, 0.25) is 0 Å². The molecule has 5 aromatic rings. The fourth-order valence-corrected chi connectivity index (χ4v) is 7.66. The predicted octanol–water partition coefficient (Wildman–Crippen LogP) is 12.0. The maximum atomic E-state index is 14.4. The summed E-state index contributed by atoms with van der Waals surface area (Å²) in [5.74, 6) is 0.113. The van der Waals surface area contributed by atoms with Crippen molar-refractivity contribution in [2.45, 2.75) is 130 Å². The summed E-state index contributed by atoms with van der Waals surface area (Å²) in [5, 5.41) is 1.85. The maximum Gasteiger partial charge on any atom is 0.345 e. The number of carbonyl (C=O) groups is 2. The molecule has 296 valence electrons. The first-order valence-corrected chi connectivity index (χ1v) is 20.7. The molecule has 0 unspecified atom stereocenters. The SMILES string of the molecule is CCCCCCCCCCCCCCOC(=O)c1ccc(OC(=O)[C@@H](OC(C)(C)C)c2c(C)nc3ccccc3c2-c2ccc3c4c(ccnc24)CCO3)cc1. The number of benzene rings is 3. The number of pyridine rings is 2. The standard InChI is InChI=1S/C48H58N2O6/c1-6-7-8-9-10-11-12-13-14-15-16-19-31-54-46(51)35-22-24-36(25-23-35)55-47(52)45(56-48(3,4)5)41-33(2)50-39-21-18-17-20-37(39)43(41)38-26-27-40-42-34(29-32-53-40)28-30-49-44(38)42/h17-18,20-28,30,45H,6-16,19,29,31-32H2,1-5H3/t45-/m0/s1. The van der Waals surface area contributed by atoms with Crippen LogP contribution in [-0.4, -0.2) is 40.7 Å². The number of aromatic nitrogens is 2. The van der Waals surface area contributed by atoms with Gasteiger partial charge in [0.25, 0.3) is 0 Å². The Morgan fingerprint density at radius 3 is 2.20 bits per heavy atom. The molecule has 0 bridgehead atoms. The molecule has 0 saturated heterocycles. The van der Waals surface area contributed by atoms with Crippen LogP contribution in [0.4, 0.5) is 0 Å². The summed E-state index contributed by atoms with van der Waals surface area (Å²) in [5.41, 5.74) is 5.38. The minimum Gasteiger partial charge on any atom is -0.493 e. The Balaban J connectivity index is 1.15. The first-order chi connectivity index (χ1) is 27.1. The zero-order valence-corrected chi connectivity index (χ0v) is 34.0. The highest BCUT2D eigenvalue weighted by atomic mass is 16.6. The number of hydrogen-bond acceptors (Lipinski definition) is 8. The molecule has 3 aromatic carbocycles. The molecule has 0 N–H and O–H groups in total. The Bertz CT molecular complexity index is 2090. The van der Waals surface area contributed by atoms with Crippen LogP contribution >= 0.6 is 0 Å². The Morgan fingerprint density at radius 1 is 0.821 bits per heavy atom. The second-order valence-corrected chi connectivity index (χ2v) is 16.0. The van der Waals surface area contributed by atoms with Gasteiger partial charge in [0.1, 0.15) is 11.5 Å². The van der Waals surface area contributed by atoms with Crippen molar-refractivity contribution in [3.63, 3.8) is 0 Å². The normalized spacial score (nSPS) is 13.1. The zero-order chi connectivity index (χ0) is 39.5. The molecule has 0 fully saturated rings. The second-order valence-electron chi connectivity index (χ2n) is 16.0. The first-order valence-electron chi connectivity index (χ1n) is 20.7. The predicted molar refractivity (Wildman–Crippen MR) is 223 cm³/mol. The molecule has 8 nitrogen and oxygen atoms in total. The van der Waals surface area contributed by atoms with Gasteiger partial charge in [-0.05, 0) is 88.2 Å². The van der Waals surface area contributed by atoms with E-state index in [-0.39, 0.29) is 5.97 Å². The van der Waals surface area contributed by atoms with Crippen molar-refractivity contribution >= 4 is 33.7 Å². The third-order valence-electron chi connectivity index (χ3n) is 10.4. The number of para-hydroxylation sites is 1. The largest absolute Gasteiger partial charge is 0.493 e. The van der Waals surface area contributed by atoms with E-state index in [1.165, 1.54) is 69.8 Å². The van der Waals surface area contributed by atoms with Gasteiger partial charge >= 0.3 is 11.9 Å². The Hall–Kier alpha value is -4.82. The van der Waals surface area contributed by atoms with Gasteiger partial charge in [0.05, 0.1) is 35.4 Å². The Kier molecular flexibility index (Phi) is 14.1. The molecule has 56 heavy (non-hydrogen) atoms. The van der Waals surface area contributed by atoms with Gasteiger partial charge in [0, 0.05) is 45.8 Å². The third-order valence-corrected chi connectivity index (χ3v) is 10.4. The first kappa shape index (κ1) is 40.8. The van der Waals surface area contributed by atoms with E-state index >= 15 is 0 Å². The highest BCUT2D eigenvalue weighted by molar-refractivity contribution is 6.08. The summed E-state index contributed by atoms with van der Waals surface area (Å²) in [6.07, 6.45) is 16.5. The van der Waals surface area contributed by atoms with Crippen molar-refractivity contribution in [1.29, 1.82) is 0 Å². The molecule has 0 spiro atoms. The van der Waals surface area contributed by atoms with E-state index in [0.717, 1.165) is 57.9 Å². The summed E-state index contributed by atoms with van der Waals surface area (Å²) in [6, 6.07) is 20.5. The number of fused-ring (bicyclic) bond motifs is 1. The van der Waals surface area contributed by atoms with Gasteiger partial charge in [-0.1, -0.05) is 95.8 Å². The number of hydrogen-bond donors (Lipinski definition) is 0. The van der Waals surface area contributed by atoms with E-state index in [4.69, 9.17) is 28.9 Å². The topological polar surface area (TPSA) is 96.8 Å². The van der Waals surface area contributed by atoms with Gasteiger partial charge < -0.3 is 18.9 Å². The van der Waals surface area contributed by atoms with Crippen LogP contribution in [0.1, 0.15) is 138 Å². The molecule has 6 rings (SSSR count). The van der Waals surface area contributed by atoms with Crippen LogP contribution in [0.15, 0.2) is 72.9 Å². The molecule has 8 heteroatoms. The van der Waals surface area contributed by atoms with Crippen molar-refractivity contribution in [3.05, 3.63) is 95.3 Å². The number of esters is 2. The van der Waals surface area contributed by atoms with Crippen LogP contribution in [-0.2, 0) is 20.7 Å². The lowest BCUT2D eigenvalue weighted by molar-refractivity contribution is -0.157. The molecule has 1 aliphatic heterocycles. The molecule has 3 heterocycles. The number of rotatable bonds is 19. The highest BCUT2D eigenvalue weighted by Crippen LogP contribution is 2.44.